The highest BCUT2D eigenvalue weighted by Gasteiger charge is 2.35. The number of benzene rings is 3. The average molecular weight is 489 g/mol. The van der Waals surface area contributed by atoms with Gasteiger partial charge in [0.25, 0.3) is 5.91 Å². The number of hydrogen-bond acceptors (Lipinski definition) is 5. The third-order valence-corrected chi connectivity index (χ3v) is 7.29. The maximum atomic E-state index is 13.7. The molecule has 5 nitrogen and oxygen atoms in total. The van der Waals surface area contributed by atoms with Gasteiger partial charge in [-0.1, -0.05) is 47.5 Å². The van der Waals surface area contributed by atoms with Gasteiger partial charge >= 0.3 is 0 Å². The highest BCUT2D eigenvalue weighted by molar-refractivity contribution is 7.21. The first-order chi connectivity index (χ1) is 16.5. The van der Waals surface area contributed by atoms with E-state index in [4.69, 9.17) is 26.1 Å². The van der Waals surface area contributed by atoms with Crippen molar-refractivity contribution in [3.05, 3.63) is 93.5 Å². The smallest absolute Gasteiger partial charge is 0.282 e. The first-order valence-corrected chi connectivity index (χ1v) is 11.8. The molecule has 170 valence electrons. The van der Waals surface area contributed by atoms with Crippen molar-refractivity contribution in [2.24, 2.45) is 4.99 Å². The molecule has 3 aromatic carbocycles. The van der Waals surface area contributed by atoms with Gasteiger partial charge in [-0.25, -0.2) is 4.99 Å². The van der Waals surface area contributed by atoms with Crippen LogP contribution in [0.5, 0.6) is 11.5 Å². The summed E-state index contributed by atoms with van der Waals surface area (Å²) < 4.78 is 11.8. The zero-order valence-corrected chi connectivity index (χ0v) is 20.4. The first-order valence-electron chi connectivity index (χ1n) is 10.6. The SMILES string of the molecule is COc1ccc(/C=C2/N=C(c3sc4ccccc4c3Cl)N(c3ccc(C)cc3)C2=O)c(OC)c1. The molecular weight excluding hydrogens is 468 g/mol. The standard InChI is InChI=1S/C27H21ClN2O3S/c1-16-8-11-18(12-9-16)30-26(25-24(28)20-6-4-5-7-23(20)34-25)29-21(27(30)31)14-17-10-13-19(32-2)15-22(17)33-3/h4-15H,1-3H3/b21-14+. The van der Waals surface area contributed by atoms with Crippen molar-refractivity contribution in [1.29, 1.82) is 0 Å². The van der Waals surface area contributed by atoms with Gasteiger partial charge in [0.05, 0.1) is 29.8 Å². The summed E-state index contributed by atoms with van der Waals surface area (Å²) in [4.78, 5) is 20.8. The van der Waals surface area contributed by atoms with Crippen molar-refractivity contribution in [2.75, 3.05) is 19.1 Å². The van der Waals surface area contributed by atoms with Crippen LogP contribution in [0.2, 0.25) is 5.02 Å². The monoisotopic (exact) mass is 488 g/mol. The second-order valence-electron chi connectivity index (χ2n) is 7.79. The lowest BCUT2D eigenvalue weighted by molar-refractivity contribution is -0.113. The van der Waals surface area contributed by atoms with E-state index in [2.05, 4.69) is 0 Å². The van der Waals surface area contributed by atoms with Crippen LogP contribution in [0.3, 0.4) is 0 Å². The second kappa shape index (κ2) is 8.97. The Morgan fingerprint density at radius 2 is 1.76 bits per heavy atom. The molecule has 5 rings (SSSR count). The number of halogens is 1. The van der Waals surface area contributed by atoms with Gasteiger partial charge in [-0.05, 0) is 43.3 Å². The number of ether oxygens (including phenoxy) is 2. The normalized spacial score (nSPS) is 14.7. The Morgan fingerprint density at radius 1 is 1.00 bits per heavy atom. The number of hydrogen-bond donors (Lipinski definition) is 0. The number of aliphatic imine (C=N–C) groups is 1. The second-order valence-corrected chi connectivity index (χ2v) is 9.22. The number of rotatable bonds is 5. The third kappa shape index (κ3) is 3.85. The largest absolute Gasteiger partial charge is 0.497 e. The number of carbonyl (C=O) groups excluding carboxylic acids is 1. The van der Waals surface area contributed by atoms with Gasteiger partial charge in [-0.15, -0.1) is 11.3 Å². The van der Waals surface area contributed by atoms with Crippen molar-refractivity contribution in [3.8, 4) is 11.5 Å². The number of anilines is 1. The zero-order chi connectivity index (χ0) is 23.8. The van der Waals surface area contributed by atoms with Gasteiger partial charge in [0.15, 0.2) is 5.84 Å². The van der Waals surface area contributed by atoms with Crippen molar-refractivity contribution < 1.29 is 14.3 Å². The van der Waals surface area contributed by atoms with Crippen LogP contribution >= 0.6 is 22.9 Å². The Labute approximate surface area is 206 Å². The number of thiophene rings is 1. The molecule has 0 N–H and O–H groups in total. The van der Waals surface area contributed by atoms with Gasteiger partial charge in [-0.3, -0.25) is 9.69 Å². The predicted molar refractivity (Wildman–Crippen MR) is 140 cm³/mol. The molecule has 7 heteroatoms. The summed E-state index contributed by atoms with van der Waals surface area (Å²) in [5.41, 5.74) is 2.86. The van der Waals surface area contributed by atoms with E-state index in [-0.39, 0.29) is 5.91 Å². The summed E-state index contributed by atoms with van der Waals surface area (Å²) in [6, 6.07) is 21.1. The van der Waals surface area contributed by atoms with E-state index >= 15 is 0 Å². The van der Waals surface area contributed by atoms with E-state index in [0.717, 1.165) is 31.8 Å². The lowest BCUT2D eigenvalue weighted by atomic mass is 10.1. The van der Waals surface area contributed by atoms with Crippen LogP contribution in [0.1, 0.15) is 16.0 Å². The van der Waals surface area contributed by atoms with E-state index in [1.165, 1.54) is 11.3 Å². The number of aryl methyl sites for hydroxylation is 1. The van der Waals surface area contributed by atoms with Crippen LogP contribution < -0.4 is 14.4 Å². The summed E-state index contributed by atoms with van der Waals surface area (Å²) in [7, 11) is 3.18. The molecule has 1 amide bonds. The van der Waals surface area contributed by atoms with E-state index in [1.807, 2.05) is 67.6 Å². The molecular formula is C27H21ClN2O3S. The summed E-state index contributed by atoms with van der Waals surface area (Å²) in [6.07, 6.45) is 1.73. The molecule has 0 atom stereocenters. The first kappa shape index (κ1) is 22.2. The molecule has 34 heavy (non-hydrogen) atoms. The van der Waals surface area contributed by atoms with Gasteiger partial charge < -0.3 is 9.47 Å². The third-order valence-electron chi connectivity index (χ3n) is 5.62. The number of nitrogens with zero attached hydrogens (tertiary/aromatic N) is 2. The number of fused-ring (bicyclic) bond motifs is 1. The quantitative estimate of drug-likeness (QED) is 0.293. The van der Waals surface area contributed by atoms with Crippen LogP contribution in [0.4, 0.5) is 5.69 Å². The minimum Gasteiger partial charge on any atom is -0.497 e. The molecule has 0 spiro atoms. The van der Waals surface area contributed by atoms with Gasteiger partial charge in [-0.2, -0.15) is 0 Å². The van der Waals surface area contributed by atoms with Gasteiger partial charge in [0, 0.05) is 21.7 Å². The average Bonchev–Trinajstić information content (AvgIpc) is 3.36. The Bertz CT molecular complexity index is 1470. The molecule has 1 aliphatic heterocycles. The van der Waals surface area contributed by atoms with Crippen LogP contribution in [-0.2, 0) is 4.79 Å². The molecule has 1 aromatic heterocycles. The molecule has 1 aliphatic rings. The van der Waals surface area contributed by atoms with Gasteiger partial charge in [0.1, 0.15) is 17.2 Å². The summed E-state index contributed by atoms with van der Waals surface area (Å²) in [6.45, 7) is 2.01. The summed E-state index contributed by atoms with van der Waals surface area (Å²) in [5, 5.41) is 1.53. The Morgan fingerprint density at radius 3 is 2.47 bits per heavy atom. The fourth-order valence-electron chi connectivity index (χ4n) is 3.85. The highest BCUT2D eigenvalue weighted by Crippen LogP contribution is 2.39. The topological polar surface area (TPSA) is 51.1 Å². The van der Waals surface area contributed by atoms with Crippen LogP contribution in [-0.4, -0.2) is 26.0 Å². The maximum absolute atomic E-state index is 13.7. The highest BCUT2D eigenvalue weighted by atomic mass is 35.5. The Kier molecular flexibility index (Phi) is 5.86. The molecule has 0 saturated carbocycles. The Hall–Kier alpha value is -3.61. The molecule has 0 fully saturated rings. The summed E-state index contributed by atoms with van der Waals surface area (Å²) in [5.74, 6) is 1.54. The van der Waals surface area contributed by atoms with Crippen LogP contribution in [0.25, 0.3) is 16.2 Å². The molecule has 0 saturated heterocycles. The minimum absolute atomic E-state index is 0.231. The zero-order valence-electron chi connectivity index (χ0n) is 18.8. The van der Waals surface area contributed by atoms with E-state index in [0.29, 0.717) is 28.1 Å². The summed E-state index contributed by atoms with van der Waals surface area (Å²) >= 11 is 8.31. The van der Waals surface area contributed by atoms with Crippen molar-refractivity contribution >= 4 is 56.5 Å². The molecule has 0 bridgehead atoms. The van der Waals surface area contributed by atoms with E-state index in [9.17, 15) is 4.79 Å². The van der Waals surface area contributed by atoms with Crippen LogP contribution in [0.15, 0.2) is 77.4 Å². The number of carbonyl (C=O) groups is 1. The van der Waals surface area contributed by atoms with Gasteiger partial charge in [0.2, 0.25) is 0 Å². The van der Waals surface area contributed by atoms with E-state index < -0.39 is 0 Å². The number of methoxy groups -OCH3 is 2. The van der Waals surface area contributed by atoms with E-state index in [1.54, 1.807) is 31.3 Å². The fourth-order valence-corrected chi connectivity index (χ4v) is 5.34. The minimum atomic E-state index is -0.231. The maximum Gasteiger partial charge on any atom is 0.282 e. The molecule has 0 aliphatic carbocycles. The predicted octanol–water partition coefficient (Wildman–Crippen LogP) is 6.71. The van der Waals surface area contributed by atoms with Crippen LogP contribution in [0, 0.1) is 6.92 Å². The lowest BCUT2D eigenvalue weighted by Gasteiger charge is -2.18. The number of amides is 1. The van der Waals surface area contributed by atoms with Crippen molar-refractivity contribution in [2.45, 2.75) is 6.92 Å². The molecule has 2 heterocycles. The van der Waals surface area contributed by atoms with Crippen molar-refractivity contribution in [1.82, 2.24) is 0 Å². The number of amidine groups is 1. The Balaban J connectivity index is 1.68. The fraction of sp³-hybridized carbons (Fsp3) is 0.111. The molecule has 0 radical (unpaired) electrons. The van der Waals surface area contributed by atoms with Crippen molar-refractivity contribution in [3.63, 3.8) is 0 Å². The lowest BCUT2D eigenvalue weighted by Crippen LogP contribution is -2.32. The molecule has 4 aromatic rings. The molecule has 0 unspecified atom stereocenters.